The minimum absolute atomic E-state index is 0.0712. The first-order valence-electron chi connectivity index (χ1n) is 9.57. The van der Waals surface area contributed by atoms with Gasteiger partial charge < -0.3 is 16.0 Å². The van der Waals surface area contributed by atoms with Gasteiger partial charge in [0.2, 0.25) is 17.6 Å². The number of halogens is 1. The van der Waals surface area contributed by atoms with Crippen LogP contribution in [0.2, 0.25) is 0 Å². The Kier molecular flexibility index (Phi) is 6.56. The summed E-state index contributed by atoms with van der Waals surface area (Å²) in [5.41, 5.74) is 6.45. The maximum atomic E-state index is 13.5. The standard InChI is InChI=1S/C22H22FN3O4/c23-16-8-4-7-15(11-16)13-26-18(9-10-19(26)27)22(30)25-17(20(28)21(24)29)12-14-5-2-1-3-6-14/h1-8,11,17-18H,9-10,12-13H2,(H2,24,29)(H,25,30). The van der Waals surface area contributed by atoms with E-state index in [-0.39, 0.29) is 31.7 Å². The second kappa shape index (κ2) is 9.30. The molecule has 1 aliphatic rings. The van der Waals surface area contributed by atoms with Crippen molar-refractivity contribution in [3.05, 3.63) is 71.5 Å². The molecule has 0 radical (unpaired) electrons. The summed E-state index contributed by atoms with van der Waals surface area (Å²) in [6.07, 6.45) is 0.530. The Hall–Kier alpha value is -3.55. The molecule has 3 N–H and O–H groups in total. The van der Waals surface area contributed by atoms with Gasteiger partial charge >= 0.3 is 0 Å². The number of carbonyl (C=O) groups is 4. The van der Waals surface area contributed by atoms with Gasteiger partial charge in [0.25, 0.3) is 5.91 Å². The molecule has 30 heavy (non-hydrogen) atoms. The second-order valence-electron chi connectivity index (χ2n) is 7.19. The third kappa shape index (κ3) is 5.08. The summed E-state index contributed by atoms with van der Waals surface area (Å²) in [4.78, 5) is 50.3. The first kappa shape index (κ1) is 21.2. The number of primary amides is 1. The normalized spacial score (nSPS) is 16.9. The van der Waals surface area contributed by atoms with Gasteiger partial charge in [-0.15, -0.1) is 0 Å². The van der Waals surface area contributed by atoms with Crippen LogP contribution in [0.4, 0.5) is 4.39 Å². The monoisotopic (exact) mass is 411 g/mol. The summed E-state index contributed by atoms with van der Waals surface area (Å²) in [5.74, 6) is -3.27. The van der Waals surface area contributed by atoms with Crippen LogP contribution < -0.4 is 11.1 Å². The van der Waals surface area contributed by atoms with Crippen LogP contribution in [0.3, 0.4) is 0 Å². The molecule has 3 amide bonds. The number of ketones is 1. The zero-order valence-corrected chi connectivity index (χ0v) is 16.2. The predicted molar refractivity (Wildman–Crippen MR) is 106 cm³/mol. The van der Waals surface area contributed by atoms with Gasteiger partial charge in [-0.25, -0.2) is 4.39 Å². The first-order valence-corrected chi connectivity index (χ1v) is 9.57. The summed E-state index contributed by atoms with van der Waals surface area (Å²) in [6.45, 7) is 0.0712. The summed E-state index contributed by atoms with van der Waals surface area (Å²) >= 11 is 0. The Labute approximate surface area is 173 Å². The van der Waals surface area contributed by atoms with Crippen molar-refractivity contribution in [3.63, 3.8) is 0 Å². The van der Waals surface area contributed by atoms with Crippen molar-refractivity contribution in [2.75, 3.05) is 0 Å². The van der Waals surface area contributed by atoms with E-state index in [4.69, 9.17) is 5.73 Å². The molecule has 156 valence electrons. The number of likely N-dealkylation sites (tertiary alicyclic amines) is 1. The van der Waals surface area contributed by atoms with Gasteiger partial charge in [0.15, 0.2) is 0 Å². The van der Waals surface area contributed by atoms with E-state index >= 15 is 0 Å². The second-order valence-corrected chi connectivity index (χ2v) is 7.19. The number of carbonyl (C=O) groups excluding carboxylic acids is 4. The van der Waals surface area contributed by atoms with Crippen molar-refractivity contribution in [3.8, 4) is 0 Å². The highest BCUT2D eigenvalue weighted by Gasteiger charge is 2.38. The zero-order valence-electron chi connectivity index (χ0n) is 16.2. The molecule has 1 saturated heterocycles. The van der Waals surface area contributed by atoms with Gasteiger partial charge in [0.1, 0.15) is 17.9 Å². The number of rotatable bonds is 8. The van der Waals surface area contributed by atoms with Crippen molar-refractivity contribution in [1.82, 2.24) is 10.2 Å². The lowest BCUT2D eigenvalue weighted by atomic mass is 10.0. The molecule has 2 aromatic rings. The largest absolute Gasteiger partial charge is 0.363 e. The number of amides is 3. The van der Waals surface area contributed by atoms with Crippen LogP contribution in [0.25, 0.3) is 0 Å². The first-order chi connectivity index (χ1) is 14.3. The molecular formula is C22H22FN3O4. The Morgan fingerprint density at radius 2 is 1.80 bits per heavy atom. The Bertz CT molecular complexity index is 964. The lowest BCUT2D eigenvalue weighted by molar-refractivity contribution is -0.140. The van der Waals surface area contributed by atoms with Crippen LogP contribution in [0.5, 0.6) is 0 Å². The molecule has 0 aliphatic carbocycles. The highest BCUT2D eigenvalue weighted by atomic mass is 19.1. The van der Waals surface area contributed by atoms with Crippen LogP contribution in [0.1, 0.15) is 24.0 Å². The van der Waals surface area contributed by atoms with Crippen LogP contribution in [-0.4, -0.2) is 40.5 Å². The van der Waals surface area contributed by atoms with Gasteiger partial charge in [-0.3, -0.25) is 19.2 Å². The smallest absolute Gasteiger partial charge is 0.287 e. The van der Waals surface area contributed by atoms with E-state index in [1.54, 1.807) is 36.4 Å². The van der Waals surface area contributed by atoms with E-state index in [2.05, 4.69) is 5.32 Å². The Morgan fingerprint density at radius 3 is 2.47 bits per heavy atom. The molecule has 1 aliphatic heterocycles. The molecule has 2 unspecified atom stereocenters. The average molecular weight is 411 g/mol. The van der Waals surface area contributed by atoms with E-state index in [9.17, 15) is 23.6 Å². The number of hydrogen-bond acceptors (Lipinski definition) is 4. The highest BCUT2D eigenvalue weighted by Crippen LogP contribution is 2.22. The number of hydrogen-bond donors (Lipinski definition) is 2. The fourth-order valence-electron chi connectivity index (χ4n) is 3.54. The molecule has 0 saturated carbocycles. The van der Waals surface area contributed by atoms with E-state index in [0.717, 1.165) is 5.56 Å². The molecule has 0 spiro atoms. The maximum absolute atomic E-state index is 13.5. The van der Waals surface area contributed by atoms with Crippen molar-refractivity contribution < 1.29 is 23.6 Å². The van der Waals surface area contributed by atoms with Gasteiger partial charge in [-0.2, -0.15) is 0 Å². The number of nitrogens with one attached hydrogen (secondary N) is 1. The molecule has 1 fully saturated rings. The minimum Gasteiger partial charge on any atom is -0.363 e. The number of benzene rings is 2. The average Bonchev–Trinajstić information content (AvgIpc) is 3.08. The zero-order chi connectivity index (χ0) is 21.7. The van der Waals surface area contributed by atoms with E-state index in [1.165, 1.54) is 23.1 Å². The van der Waals surface area contributed by atoms with Crippen molar-refractivity contribution in [2.24, 2.45) is 5.73 Å². The summed E-state index contributed by atoms with van der Waals surface area (Å²) in [6, 6.07) is 12.7. The lowest BCUT2D eigenvalue weighted by Gasteiger charge is -2.26. The van der Waals surface area contributed by atoms with Crippen LogP contribution in [-0.2, 0) is 32.1 Å². The molecule has 0 aromatic heterocycles. The fourth-order valence-corrected chi connectivity index (χ4v) is 3.54. The lowest BCUT2D eigenvalue weighted by Crippen LogP contribution is -2.53. The van der Waals surface area contributed by atoms with Gasteiger partial charge in [0, 0.05) is 19.4 Å². The number of Topliss-reactive ketones (excluding diaryl/α,β-unsaturated/α-hetero) is 1. The van der Waals surface area contributed by atoms with Gasteiger partial charge in [0.05, 0.1) is 0 Å². The van der Waals surface area contributed by atoms with Crippen LogP contribution in [0, 0.1) is 5.82 Å². The molecule has 3 rings (SSSR count). The highest BCUT2D eigenvalue weighted by molar-refractivity contribution is 6.37. The quantitative estimate of drug-likeness (QED) is 0.634. The molecular weight excluding hydrogens is 389 g/mol. The molecule has 7 nitrogen and oxygen atoms in total. The number of nitrogens with two attached hydrogens (primary N) is 1. The molecule has 8 heteroatoms. The Balaban J connectivity index is 1.75. The van der Waals surface area contributed by atoms with E-state index in [1.807, 2.05) is 0 Å². The Morgan fingerprint density at radius 1 is 1.10 bits per heavy atom. The van der Waals surface area contributed by atoms with Gasteiger partial charge in [-0.05, 0) is 29.7 Å². The van der Waals surface area contributed by atoms with E-state index in [0.29, 0.717) is 5.56 Å². The third-order valence-electron chi connectivity index (χ3n) is 5.03. The summed E-state index contributed by atoms with van der Waals surface area (Å²) in [5, 5.41) is 2.58. The molecule has 2 aromatic carbocycles. The molecule has 0 bridgehead atoms. The summed E-state index contributed by atoms with van der Waals surface area (Å²) < 4.78 is 13.5. The SMILES string of the molecule is NC(=O)C(=O)C(Cc1ccccc1)NC(=O)C1CCC(=O)N1Cc1cccc(F)c1. The maximum Gasteiger partial charge on any atom is 0.287 e. The van der Waals surface area contributed by atoms with Crippen LogP contribution in [0.15, 0.2) is 54.6 Å². The topological polar surface area (TPSA) is 110 Å². The van der Waals surface area contributed by atoms with Crippen molar-refractivity contribution in [2.45, 2.75) is 37.9 Å². The van der Waals surface area contributed by atoms with Crippen LogP contribution >= 0.6 is 0 Å². The fraction of sp³-hybridized carbons (Fsp3) is 0.273. The van der Waals surface area contributed by atoms with Gasteiger partial charge in [-0.1, -0.05) is 42.5 Å². The third-order valence-corrected chi connectivity index (χ3v) is 5.03. The van der Waals surface area contributed by atoms with E-state index < -0.39 is 35.5 Å². The predicted octanol–water partition coefficient (Wildman–Crippen LogP) is 1.10. The van der Waals surface area contributed by atoms with Crippen molar-refractivity contribution >= 4 is 23.5 Å². The minimum atomic E-state index is -1.14. The van der Waals surface area contributed by atoms with Crippen molar-refractivity contribution in [1.29, 1.82) is 0 Å². The molecule has 1 heterocycles. The summed E-state index contributed by atoms with van der Waals surface area (Å²) in [7, 11) is 0. The number of nitrogens with zero attached hydrogens (tertiary/aromatic N) is 1. The molecule has 2 atom stereocenters.